The standard InChI is InChI=1S/C18H26N4O2/c1-12(23)20-17(13-5-3-2-4-6-13)10-18(24)21-15-7-8-16-14(9-15)11-19-22-16/h2-6,14-17,19,22H,7-11H2,1H3,(H,20,23)(H,21,24). The number of hydrogen-bond acceptors (Lipinski definition) is 4. The lowest BCUT2D eigenvalue weighted by molar-refractivity contribution is -0.123. The van der Waals surface area contributed by atoms with E-state index >= 15 is 0 Å². The number of rotatable bonds is 5. The molecule has 2 fully saturated rings. The Morgan fingerprint density at radius 2 is 2.04 bits per heavy atom. The first-order valence-electron chi connectivity index (χ1n) is 8.71. The van der Waals surface area contributed by atoms with Gasteiger partial charge < -0.3 is 10.6 Å². The maximum absolute atomic E-state index is 12.5. The van der Waals surface area contributed by atoms with Gasteiger partial charge in [0.15, 0.2) is 0 Å². The normalized spacial score (nSPS) is 27.1. The summed E-state index contributed by atoms with van der Waals surface area (Å²) in [7, 11) is 0. The molecular formula is C18H26N4O2. The number of carbonyl (C=O) groups is 2. The molecule has 2 aliphatic rings. The topological polar surface area (TPSA) is 82.3 Å². The van der Waals surface area contributed by atoms with Crippen molar-refractivity contribution in [2.24, 2.45) is 5.92 Å². The second-order valence-electron chi connectivity index (χ2n) is 6.84. The Balaban J connectivity index is 1.56. The lowest BCUT2D eigenvalue weighted by atomic mass is 9.83. The minimum absolute atomic E-state index is 0.0000293. The van der Waals surface area contributed by atoms with Crippen LogP contribution in [0.1, 0.15) is 44.2 Å². The van der Waals surface area contributed by atoms with Crippen LogP contribution >= 0.6 is 0 Å². The minimum atomic E-state index is -0.283. The van der Waals surface area contributed by atoms with Crippen molar-refractivity contribution in [2.45, 2.75) is 50.7 Å². The van der Waals surface area contributed by atoms with E-state index < -0.39 is 0 Å². The molecule has 0 radical (unpaired) electrons. The quantitative estimate of drug-likeness (QED) is 0.650. The van der Waals surface area contributed by atoms with Gasteiger partial charge in [0.2, 0.25) is 11.8 Å². The third kappa shape index (κ3) is 4.33. The van der Waals surface area contributed by atoms with Gasteiger partial charge in [-0.05, 0) is 30.7 Å². The number of hydrazine groups is 1. The summed E-state index contributed by atoms with van der Waals surface area (Å²) < 4.78 is 0. The average Bonchev–Trinajstić information content (AvgIpc) is 3.02. The third-order valence-corrected chi connectivity index (χ3v) is 4.97. The highest BCUT2D eigenvalue weighted by Gasteiger charge is 2.34. The van der Waals surface area contributed by atoms with E-state index in [1.54, 1.807) is 0 Å². The predicted molar refractivity (Wildman–Crippen MR) is 91.8 cm³/mol. The summed E-state index contributed by atoms with van der Waals surface area (Å²) in [4.78, 5) is 23.9. The Morgan fingerprint density at radius 1 is 1.25 bits per heavy atom. The van der Waals surface area contributed by atoms with Gasteiger partial charge in [-0.2, -0.15) is 0 Å². The highest BCUT2D eigenvalue weighted by Crippen LogP contribution is 2.27. The first-order chi connectivity index (χ1) is 11.6. The van der Waals surface area contributed by atoms with Crippen molar-refractivity contribution in [1.82, 2.24) is 21.5 Å². The van der Waals surface area contributed by atoms with Crippen LogP contribution in [0.4, 0.5) is 0 Å². The van der Waals surface area contributed by atoms with Crippen LogP contribution in [0.3, 0.4) is 0 Å². The van der Waals surface area contributed by atoms with Crippen molar-refractivity contribution >= 4 is 11.8 Å². The van der Waals surface area contributed by atoms with Gasteiger partial charge >= 0.3 is 0 Å². The molecule has 1 heterocycles. The molecule has 6 heteroatoms. The van der Waals surface area contributed by atoms with Crippen LogP contribution in [-0.2, 0) is 9.59 Å². The molecule has 1 saturated carbocycles. The van der Waals surface area contributed by atoms with E-state index in [1.165, 1.54) is 6.92 Å². The molecule has 1 aromatic carbocycles. The summed E-state index contributed by atoms with van der Waals surface area (Å²) in [6, 6.07) is 10.1. The van der Waals surface area contributed by atoms with Crippen molar-refractivity contribution in [2.75, 3.05) is 6.54 Å². The molecule has 2 amide bonds. The SMILES string of the molecule is CC(=O)NC(CC(=O)NC1CCC2NNCC2C1)c1ccccc1. The Hall–Kier alpha value is -1.92. The number of hydrogen-bond donors (Lipinski definition) is 4. The smallest absolute Gasteiger partial charge is 0.222 e. The van der Waals surface area contributed by atoms with Gasteiger partial charge in [0.1, 0.15) is 0 Å². The third-order valence-electron chi connectivity index (χ3n) is 4.97. The van der Waals surface area contributed by atoms with Crippen molar-refractivity contribution in [3.05, 3.63) is 35.9 Å². The van der Waals surface area contributed by atoms with Crippen LogP contribution in [0.5, 0.6) is 0 Å². The van der Waals surface area contributed by atoms with Gasteiger partial charge in [0.05, 0.1) is 12.5 Å². The van der Waals surface area contributed by atoms with Crippen LogP contribution in [0, 0.1) is 5.92 Å². The lowest BCUT2D eigenvalue weighted by Gasteiger charge is -2.31. The summed E-state index contributed by atoms with van der Waals surface area (Å²) in [6.45, 7) is 2.45. The van der Waals surface area contributed by atoms with E-state index in [0.717, 1.165) is 31.4 Å². The fourth-order valence-corrected chi connectivity index (χ4v) is 3.79. The molecule has 0 aromatic heterocycles. The maximum atomic E-state index is 12.5. The predicted octanol–water partition coefficient (Wildman–Crippen LogP) is 1.02. The monoisotopic (exact) mass is 330 g/mol. The van der Waals surface area contributed by atoms with Crippen LogP contribution in [0.25, 0.3) is 0 Å². The van der Waals surface area contributed by atoms with Crippen LogP contribution in [0.15, 0.2) is 30.3 Å². The zero-order valence-electron chi connectivity index (χ0n) is 14.0. The molecule has 130 valence electrons. The first-order valence-corrected chi connectivity index (χ1v) is 8.71. The van der Waals surface area contributed by atoms with Crippen molar-refractivity contribution in [1.29, 1.82) is 0 Å². The van der Waals surface area contributed by atoms with E-state index in [4.69, 9.17) is 0 Å². The van der Waals surface area contributed by atoms with E-state index in [1.807, 2.05) is 30.3 Å². The van der Waals surface area contributed by atoms with E-state index in [-0.39, 0.29) is 30.3 Å². The Kier molecular flexibility index (Phi) is 5.48. The molecule has 24 heavy (non-hydrogen) atoms. The highest BCUT2D eigenvalue weighted by molar-refractivity contribution is 5.79. The number of benzene rings is 1. The molecule has 1 aromatic rings. The van der Waals surface area contributed by atoms with Gasteiger partial charge in [-0.1, -0.05) is 30.3 Å². The van der Waals surface area contributed by atoms with Gasteiger partial charge in [0, 0.05) is 25.6 Å². The Morgan fingerprint density at radius 3 is 2.79 bits per heavy atom. The molecule has 1 saturated heterocycles. The fourth-order valence-electron chi connectivity index (χ4n) is 3.79. The van der Waals surface area contributed by atoms with Crippen molar-refractivity contribution in [3.8, 4) is 0 Å². The van der Waals surface area contributed by atoms with E-state index in [0.29, 0.717) is 12.0 Å². The summed E-state index contributed by atoms with van der Waals surface area (Å²) >= 11 is 0. The van der Waals surface area contributed by atoms with Gasteiger partial charge in [-0.15, -0.1) is 0 Å². The molecule has 1 aliphatic heterocycles. The molecule has 4 N–H and O–H groups in total. The molecule has 4 atom stereocenters. The molecule has 3 rings (SSSR count). The summed E-state index contributed by atoms with van der Waals surface area (Å²) in [6.07, 6.45) is 3.35. The summed E-state index contributed by atoms with van der Waals surface area (Å²) in [5.41, 5.74) is 7.46. The maximum Gasteiger partial charge on any atom is 0.222 e. The number of carbonyl (C=O) groups excluding carboxylic acids is 2. The van der Waals surface area contributed by atoms with Crippen molar-refractivity contribution in [3.63, 3.8) is 0 Å². The van der Waals surface area contributed by atoms with Crippen LogP contribution < -0.4 is 21.5 Å². The minimum Gasteiger partial charge on any atom is -0.353 e. The molecular weight excluding hydrogens is 304 g/mol. The van der Waals surface area contributed by atoms with E-state index in [9.17, 15) is 9.59 Å². The molecule has 0 bridgehead atoms. The fraction of sp³-hybridized carbons (Fsp3) is 0.556. The van der Waals surface area contributed by atoms with Gasteiger partial charge in [-0.3, -0.25) is 20.4 Å². The van der Waals surface area contributed by atoms with Gasteiger partial charge in [0.25, 0.3) is 0 Å². The van der Waals surface area contributed by atoms with Crippen molar-refractivity contribution < 1.29 is 9.59 Å². The molecule has 0 spiro atoms. The summed E-state index contributed by atoms with van der Waals surface area (Å²) in [5.74, 6) is 0.463. The lowest BCUT2D eigenvalue weighted by Crippen LogP contribution is -2.44. The Bertz CT molecular complexity index is 578. The second kappa shape index (κ2) is 7.77. The first kappa shape index (κ1) is 16.9. The molecule has 1 aliphatic carbocycles. The Labute approximate surface area is 142 Å². The second-order valence-corrected chi connectivity index (χ2v) is 6.84. The van der Waals surface area contributed by atoms with Gasteiger partial charge in [-0.25, -0.2) is 0 Å². The molecule has 4 unspecified atom stereocenters. The zero-order chi connectivity index (χ0) is 16.9. The number of nitrogens with one attached hydrogen (secondary N) is 4. The van der Waals surface area contributed by atoms with Crippen LogP contribution in [0.2, 0.25) is 0 Å². The average molecular weight is 330 g/mol. The largest absolute Gasteiger partial charge is 0.353 e. The molecule has 6 nitrogen and oxygen atoms in total. The number of fused-ring (bicyclic) bond motifs is 1. The summed E-state index contributed by atoms with van der Waals surface area (Å²) in [5, 5.41) is 6.04. The van der Waals surface area contributed by atoms with Crippen LogP contribution in [-0.4, -0.2) is 30.4 Å². The highest BCUT2D eigenvalue weighted by atomic mass is 16.2. The van der Waals surface area contributed by atoms with E-state index in [2.05, 4.69) is 21.5 Å². The number of amides is 2. The zero-order valence-corrected chi connectivity index (χ0v) is 14.0.